The van der Waals surface area contributed by atoms with E-state index in [2.05, 4.69) is 27.2 Å². The average Bonchev–Trinajstić information content (AvgIpc) is 3.17. The predicted molar refractivity (Wildman–Crippen MR) is 86.2 cm³/mol. The van der Waals surface area contributed by atoms with Crippen LogP contribution >= 0.6 is 11.6 Å². The summed E-state index contributed by atoms with van der Waals surface area (Å²) in [5.74, 6) is 0.961. The van der Waals surface area contributed by atoms with Gasteiger partial charge in [0.2, 0.25) is 5.89 Å². The molecule has 2 aliphatic rings. The first-order valence-electron chi connectivity index (χ1n) is 7.71. The third kappa shape index (κ3) is 2.51. The van der Waals surface area contributed by atoms with Gasteiger partial charge in [0.25, 0.3) is 0 Å². The number of anilines is 1. The maximum absolute atomic E-state index is 6.11. The minimum Gasteiger partial charge on any atom is -0.408 e. The number of likely N-dealkylation sites (tertiary alicyclic amines) is 1. The molecule has 0 bridgehead atoms. The smallest absolute Gasteiger partial charge is 0.312 e. The van der Waals surface area contributed by atoms with E-state index in [1.54, 1.807) is 0 Å². The van der Waals surface area contributed by atoms with Crippen LogP contribution in [0.25, 0.3) is 0 Å². The van der Waals surface area contributed by atoms with Gasteiger partial charge in [-0.25, -0.2) is 0 Å². The van der Waals surface area contributed by atoms with Crippen molar-refractivity contribution in [3.05, 3.63) is 40.2 Å². The number of nitrogens with zero attached hydrogens (tertiary/aromatic N) is 3. The van der Waals surface area contributed by atoms with Gasteiger partial charge in [-0.2, -0.15) is 0 Å². The van der Waals surface area contributed by atoms with Crippen LogP contribution in [0.3, 0.4) is 0 Å². The Hall–Kier alpha value is -1.63. The Morgan fingerprint density at radius 3 is 3.04 bits per heavy atom. The molecule has 0 unspecified atom stereocenters. The van der Waals surface area contributed by atoms with E-state index in [1.807, 2.05) is 13.0 Å². The zero-order chi connectivity index (χ0) is 16.0. The van der Waals surface area contributed by atoms with E-state index >= 15 is 0 Å². The van der Waals surface area contributed by atoms with Crippen LogP contribution in [0.4, 0.5) is 6.01 Å². The summed E-state index contributed by atoms with van der Waals surface area (Å²) in [4.78, 5) is 2.41. The standard InChI is InChI=1S/C16H19ClN4O2/c1-10-4-11(2-3-13(10)17)5-21-6-12-7-22-9-16(12,8-21)14-19-20-15(18)23-14/h2-4,12H,5-9H2,1H3,(H2,18,20)/t12-,16-/m1/s1. The van der Waals surface area contributed by atoms with Crippen LogP contribution < -0.4 is 5.73 Å². The van der Waals surface area contributed by atoms with Crippen molar-refractivity contribution in [1.29, 1.82) is 0 Å². The van der Waals surface area contributed by atoms with Crippen molar-refractivity contribution >= 4 is 17.6 Å². The fourth-order valence-corrected chi connectivity index (χ4v) is 3.88. The number of ether oxygens (including phenoxy) is 1. The van der Waals surface area contributed by atoms with Crippen LogP contribution in [0.2, 0.25) is 5.02 Å². The molecule has 2 N–H and O–H groups in total. The zero-order valence-corrected chi connectivity index (χ0v) is 13.7. The summed E-state index contributed by atoms with van der Waals surface area (Å²) in [6.07, 6.45) is 0. The van der Waals surface area contributed by atoms with Gasteiger partial charge in [-0.1, -0.05) is 28.8 Å². The number of nitrogens with two attached hydrogens (primary N) is 1. The van der Waals surface area contributed by atoms with Crippen molar-refractivity contribution in [2.75, 3.05) is 32.0 Å². The van der Waals surface area contributed by atoms with Gasteiger partial charge in [-0.15, -0.1) is 5.10 Å². The first-order valence-corrected chi connectivity index (χ1v) is 8.09. The monoisotopic (exact) mass is 334 g/mol. The molecule has 2 atom stereocenters. The van der Waals surface area contributed by atoms with Crippen LogP contribution in [0, 0.1) is 12.8 Å². The summed E-state index contributed by atoms with van der Waals surface area (Å²) in [7, 11) is 0. The molecule has 122 valence electrons. The van der Waals surface area contributed by atoms with Gasteiger partial charge in [0.1, 0.15) is 0 Å². The maximum atomic E-state index is 6.11. The van der Waals surface area contributed by atoms with Crippen LogP contribution in [-0.2, 0) is 16.7 Å². The molecule has 2 aromatic rings. The zero-order valence-electron chi connectivity index (χ0n) is 13.0. The van der Waals surface area contributed by atoms with Crippen molar-refractivity contribution < 1.29 is 9.15 Å². The summed E-state index contributed by atoms with van der Waals surface area (Å²) in [6, 6.07) is 6.30. The molecule has 0 aliphatic carbocycles. The molecule has 2 fully saturated rings. The molecule has 3 heterocycles. The highest BCUT2D eigenvalue weighted by molar-refractivity contribution is 6.31. The van der Waals surface area contributed by atoms with E-state index in [9.17, 15) is 0 Å². The van der Waals surface area contributed by atoms with Crippen LogP contribution in [0.5, 0.6) is 0 Å². The van der Waals surface area contributed by atoms with Gasteiger partial charge in [-0.05, 0) is 24.1 Å². The first-order chi connectivity index (χ1) is 11.1. The summed E-state index contributed by atoms with van der Waals surface area (Å²) in [5.41, 5.74) is 7.74. The third-order valence-electron chi connectivity index (χ3n) is 4.94. The molecule has 23 heavy (non-hydrogen) atoms. The van der Waals surface area contributed by atoms with E-state index in [-0.39, 0.29) is 11.4 Å². The fourth-order valence-electron chi connectivity index (χ4n) is 3.76. The number of aromatic nitrogens is 2. The molecule has 2 aliphatic heterocycles. The number of hydrogen-bond acceptors (Lipinski definition) is 6. The predicted octanol–water partition coefficient (Wildman–Crippen LogP) is 2.01. The Balaban J connectivity index is 1.56. The molecular formula is C16H19ClN4O2. The van der Waals surface area contributed by atoms with E-state index in [1.165, 1.54) is 5.56 Å². The number of aryl methyl sites for hydroxylation is 1. The van der Waals surface area contributed by atoms with Crippen LogP contribution in [0.15, 0.2) is 22.6 Å². The second kappa shape index (κ2) is 5.47. The fraction of sp³-hybridized carbons (Fsp3) is 0.500. The van der Waals surface area contributed by atoms with Gasteiger partial charge >= 0.3 is 6.01 Å². The first kappa shape index (κ1) is 14.9. The lowest BCUT2D eigenvalue weighted by atomic mass is 9.81. The Labute approximate surface area is 139 Å². The molecule has 1 aromatic carbocycles. The highest BCUT2D eigenvalue weighted by atomic mass is 35.5. The maximum Gasteiger partial charge on any atom is 0.312 e. The van der Waals surface area contributed by atoms with Gasteiger partial charge < -0.3 is 14.9 Å². The number of nitrogen functional groups attached to an aromatic ring is 1. The summed E-state index contributed by atoms with van der Waals surface area (Å²) >= 11 is 6.11. The van der Waals surface area contributed by atoms with Crippen LogP contribution in [-0.4, -0.2) is 41.4 Å². The molecular weight excluding hydrogens is 316 g/mol. The number of halogens is 1. The lowest BCUT2D eigenvalue weighted by molar-refractivity contribution is 0.140. The Bertz CT molecular complexity index is 735. The molecule has 0 radical (unpaired) electrons. The van der Waals surface area contributed by atoms with Crippen molar-refractivity contribution in [3.63, 3.8) is 0 Å². The molecule has 0 amide bonds. The Morgan fingerprint density at radius 1 is 1.43 bits per heavy atom. The van der Waals surface area contributed by atoms with Crippen molar-refractivity contribution in [2.45, 2.75) is 18.9 Å². The van der Waals surface area contributed by atoms with Gasteiger partial charge in [0.15, 0.2) is 0 Å². The largest absolute Gasteiger partial charge is 0.408 e. The number of fused-ring (bicyclic) bond motifs is 1. The summed E-state index contributed by atoms with van der Waals surface area (Å²) in [5, 5.41) is 8.76. The second-order valence-corrected chi connectivity index (χ2v) is 6.97. The van der Waals surface area contributed by atoms with E-state index in [0.717, 1.165) is 36.8 Å². The van der Waals surface area contributed by atoms with Crippen molar-refractivity contribution in [3.8, 4) is 0 Å². The second-order valence-electron chi connectivity index (χ2n) is 6.57. The third-order valence-corrected chi connectivity index (χ3v) is 5.36. The highest BCUT2D eigenvalue weighted by Crippen LogP contribution is 2.43. The number of rotatable bonds is 3. The van der Waals surface area contributed by atoms with E-state index in [0.29, 0.717) is 18.4 Å². The van der Waals surface area contributed by atoms with Gasteiger partial charge in [0.05, 0.1) is 18.6 Å². The van der Waals surface area contributed by atoms with Crippen LogP contribution in [0.1, 0.15) is 17.0 Å². The molecule has 1 aromatic heterocycles. The molecule has 0 spiro atoms. The lowest BCUT2D eigenvalue weighted by Gasteiger charge is -2.23. The molecule has 4 rings (SSSR count). The molecule has 2 saturated heterocycles. The van der Waals surface area contributed by atoms with Crippen molar-refractivity contribution in [2.24, 2.45) is 5.92 Å². The number of benzene rings is 1. The quantitative estimate of drug-likeness (QED) is 0.925. The lowest BCUT2D eigenvalue weighted by Crippen LogP contribution is -2.35. The van der Waals surface area contributed by atoms with E-state index < -0.39 is 0 Å². The molecule has 6 nitrogen and oxygen atoms in total. The molecule has 7 heteroatoms. The Kier molecular flexibility index (Phi) is 3.55. The van der Waals surface area contributed by atoms with Gasteiger partial charge in [0, 0.05) is 30.6 Å². The van der Waals surface area contributed by atoms with Gasteiger partial charge in [-0.3, -0.25) is 4.90 Å². The highest BCUT2D eigenvalue weighted by Gasteiger charge is 2.55. The SMILES string of the molecule is Cc1cc(CN2C[C@@H]3COC[C@]3(c3nnc(N)o3)C2)ccc1Cl. The normalized spacial score (nSPS) is 27.5. The average molecular weight is 335 g/mol. The van der Waals surface area contributed by atoms with Crippen molar-refractivity contribution in [1.82, 2.24) is 15.1 Å². The topological polar surface area (TPSA) is 77.4 Å². The minimum absolute atomic E-state index is 0.117. The molecule has 0 saturated carbocycles. The summed E-state index contributed by atoms with van der Waals surface area (Å²) in [6.45, 7) is 6.01. The van der Waals surface area contributed by atoms with E-state index in [4.69, 9.17) is 26.5 Å². The minimum atomic E-state index is -0.230. The Morgan fingerprint density at radius 2 is 2.30 bits per heavy atom. The summed E-state index contributed by atoms with van der Waals surface area (Å²) < 4.78 is 11.2. The number of hydrogen-bond donors (Lipinski definition) is 1.